The van der Waals surface area contributed by atoms with E-state index < -0.39 is 28.3 Å². The van der Waals surface area contributed by atoms with Gasteiger partial charge in [0.15, 0.2) is 11.3 Å². The molecule has 3 N–H and O–H groups in total. The van der Waals surface area contributed by atoms with Crippen molar-refractivity contribution in [2.24, 2.45) is 12.2 Å². The van der Waals surface area contributed by atoms with Crippen LogP contribution in [0, 0.1) is 0 Å². The number of nitrogens with zero attached hydrogens (tertiary/aromatic N) is 6. The molecule has 5 rings (SSSR count). The maximum atomic E-state index is 13.1. The first-order valence-corrected chi connectivity index (χ1v) is 13.7. The van der Waals surface area contributed by atoms with Gasteiger partial charge in [-0.1, -0.05) is 5.16 Å². The van der Waals surface area contributed by atoms with E-state index in [1.54, 1.807) is 0 Å². The summed E-state index contributed by atoms with van der Waals surface area (Å²) < 4.78 is 5.92. The van der Waals surface area contributed by atoms with Crippen molar-refractivity contribution in [3.8, 4) is 11.4 Å². The summed E-state index contributed by atoms with van der Waals surface area (Å²) in [5, 5.41) is 7.81. The molecule has 37 heavy (non-hydrogen) atoms. The number of nitrogens with one attached hydrogen (secondary N) is 1. The Balaban J connectivity index is 1.40. The molecule has 12 nitrogen and oxygen atoms in total. The van der Waals surface area contributed by atoms with Crippen LogP contribution in [0.2, 0.25) is 0 Å². The Bertz CT molecular complexity index is 1480. The lowest BCUT2D eigenvalue weighted by molar-refractivity contribution is -0.660. The number of amides is 2. The van der Waals surface area contributed by atoms with Gasteiger partial charge in [0.1, 0.15) is 36.3 Å². The van der Waals surface area contributed by atoms with Crippen LogP contribution < -0.4 is 15.6 Å². The predicted octanol–water partition coefficient (Wildman–Crippen LogP) is 0.304. The molecule has 0 aliphatic carbocycles. The van der Waals surface area contributed by atoms with Gasteiger partial charge in [-0.15, -0.1) is 23.1 Å². The number of aryl methyl sites for hydroxylation is 1. The highest BCUT2D eigenvalue weighted by atomic mass is 32.2. The van der Waals surface area contributed by atoms with E-state index in [-0.39, 0.29) is 22.4 Å². The molecule has 0 saturated carbocycles. The Kier molecular flexibility index (Phi) is 6.89. The second-order valence-corrected chi connectivity index (χ2v) is 10.9. The average Bonchev–Trinajstić information content (AvgIpc) is 3.54. The summed E-state index contributed by atoms with van der Waals surface area (Å²) in [5.41, 5.74) is 7.76. The molecule has 190 valence electrons. The van der Waals surface area contributed by atoms with Gasteiger partial charge in [0.05, 0.1) is 10.8 Å². The van der Waals surface area contributed by atoms with Crippen molar-refractivity contribution in [2.75, 3.05) is 18.6 Å². The number of hydrogen-bond acceptors (Lipinski definition) is 13. The van der Waals surface area contributed by atoms with Crippen LogP contribution in [0.5, 0.6) is 0 Å². The van der Waals surface area contributed by atoms with Crippen LogP contribution in [0.4, 0.5) is 5.13 Å². The monoisotopic (exact) mass is 574 g/mol. The van der Waals surface area contributed by atoms with E-state index in [1.807, 2.05) is 41.4 Å². The maximum Gasteiger partial charge on any atom is 0.278 e. The molecular formula is C21H18N8O4S4. The normalized spacial score (nSPS) is 19.4. The standard InChI is InChI=1S/C21H18N8O4S4/c1-28-6-4-3-5-11(28)10-8-35-17(23-10)9-7-36-19-13(18(31)29(19)14(9)20(32)34)24-16(30)12(26-33-2)15-25-21(22)37-27-15/h3-6,8,13,19H,7H2,1-2H3,(H3-,22,24,25,27,30,32,34)/b26-12-/t13-,19-/m1/s1. The number of fused-ring (bicyclic) bond motifs is 1. The number of nitrogens with two attached hydrogens (primary N) is 1. The smallest absolute Gasteiger partial charge is 0.278 e. The minimum absolute atomic E-state index is 0.0169. The Morgan fingerprint density at radius 3 is 2.84 bits per heavy atom. The molecule has 2 atom stereocenters. The van der Waals surface area contributed by atoms with Gasteiger partial charge in [0, 0.05) is 40.4 Å². The zero-order valence-electron chi connectivity index (χ0n) is 19.3. The Labute approximate surface area is 228 Å². The van der Waals surface area contributed by atoms with E-state index in [0.717, 1.165) is 22.9 Å². The molecule has 0 spiro atoms. The molecule has 2 amide bonds. The molecule has 2 aliphatic heterocycles. The number of rotatable bonds is 7. The van der Waals surface area contributed by atoms with E-state index in [4.69, 9.17) is 28.2 Å². The molecule has 0 unspecified atom stereocenters. The first-order chi connectivity index (χ1) is 17.8. The molecule has 1 fully saturated rings. The summed E-state index contributed by atoms with van der Waals surface area (Å²) in [7, 11) is 3.19. The second-order valence-electron chi connectivity index (χ2n) is 7.79. The summed E-state index contributed by atoms with van der Waals surface area (Å²) in [6, 6.07) is 4.88. The highest BCUT2D eigenvalue weighted by molar-refractivity contribution is 8.00. The van der Waals surface area contributed by atoms with Crippen LogP contribution >= 0.6 is 34.6 Å². The molecule has 3 aromatic rings. The summed E-state index contributed by atoms with van der Waals surface area (Å²) in [4.78, 5) is 53.3. The van der Waals surface area contributed by atoms with E-state index in [1.165, 1.54) is 35.1 Å². The summed E-state index contributed by atoms with van der Waals surface area (Å²) in [5.74, 6) is -0.809. The van der Waals surface area contributed by atoms with Crippen molar-refractivity contribution < 1.29 is 23.8 Å². The van der Waals surface area contributed by atoms with Crippen molar-refractivity contribution >= 4 is 80.6 Å². The molecule has 16 heteroatoms. The van der Waals surface area contributed by atoms with Crippen LogP contribution in [0.25, 0.3) is 17.0 Å². The van der Waals surface area contributed by atoms with E-state index in [0.29, 0.717) is 16.3 Å². The second kappa shape index (κ2) is 10.1. The highest BCUT2D eigenvalue weighted by Gasteiger charge is 2.53. The number of carbonyl (C=O) groups excluding carboxylic acids is 3. The highest BCUT2D eigenvalue weighted by Crippen LogP contribution is 2.44. The SMILES string of the molecule is CO/N=C(\C(=O)N[C@@H]1C(=O)N2C(C(=O)[S-])=C(c3nc(-c4cccc[n+]4C)cs3)CS[C@H]12)c1nsc(N)n1. The van der Waals surface area contributed by atoms with Gasteiger partial charge in [0.2, 0.25) is 17.2 Å². The van der Waals surface area contributed by atoms with Crippen LogP contribution in [0.3, 0.4) is 0 Å². The van der Waals surface area contributed by atoms with Crippen molar-refractivity contribution in [3.63, 3.8) is 0 Å². The summed E-state index contributed by atoms with van der Waals surface area (Å²) >= 11 is 8.68. The van der Waals surface area contributed by atoms with Gasteiger partial charge in [-0.3, -0.25) is 14.5 Å². The Morgan fingerprint density at radius 2 is 2.16 bits per heavy atom. The van der Waals surface area contributed by atoms with Crippen molar-refractivity contribution in [1.29, 1.82) is 0 Å². The molecular weight excluding hydrogens is 557 g/mol. The number of thioether (sulfide) groups is 1. The number of hydrogen-bond donors (Lipinski definition) is 2. The fourth-order valence-corrected chi connectivity index (χ4v) is 6.86. The molecule has 1 saturated heterocycles. The fraction of sp³-hybridized carbons (Fsp3) is 0.238. The molecule has 5 heterocycles. The van der Waals surface area contributed by atoms with Crippen LogP contribution in [0.15, 0.2) is 40.6 Å². The minimum atomic E-state index is -0.906. The van der Waals surface area contributed by atoms with Crippen LogP contribution in [0.1, 0.15) is 10.8 Å². The molecule has 0 aromatic carbocycles. The number of pyridine rings is 1. The number of β-lactam (4-membered cyclic amide) rings is 1. The van der Waals surface area contributed by atoms with E-state index >= 15 is 0 Å². The van der Waals surface area contributed by atoms with Crippen molar-refractivity contribution in [3.05, 3.63) is 46.3 Å². The van der Waals surface area contributed by atoms with Gasteiger partial charge in [-0.05, 0) is 6.07 Å². The fourth-order valence-electron chi connectivity index (χ4n) is 3.91. The number of anilines is 1. The van der Waals surface area contributed by atoms with Gasteiger partial charge in [-0.2, -0.15) is 13.9 Å². The zero-order chi connectivity index (χ0) is 26.3. The number of nitrogen functional groups attached to an aromatic ring is 1. The lowest BCUT2D eigenvalue weighted by atomic mass is 10.0. The maximum absolute atomic E-state index is 13.1. The number of thiazole rings is 1. The van der Waals surface area contributed by atoms with Gasteiger partial charge < -0.3 is 33.3 Å². The molecule has 0 radical (unpaired) electrons. The third-order valence-corrected chi connectivity index (χ3v) is 8.50. The predicted molar refractivity (Wildman–Crippen MR) is 141 cm³/mol. The van der Waals surface area contributed by atoms with E-state index in [9.17, 15) is 14.4 Å². The third-order valence-electron chi connectivity index (χ3n) is 5.58. The first kappa shape index (κ1) is 25.2. The number of carbonyl (C=O) groups is 3. The average molecular weight is 575 g/mol. The number of oxime groups is 1. The minimum Gasteiger partial charge on any atom is -0.735 e. The quantitative estimate of drug-likeness (QED) is 0.132. The molecule has 2 aliphatic rings. The topological polar surface area (TPSA) is 157 Å². The zero-order valence-corrected chi connectivity index (χ0v) is 22.5. The summed E-state index contributed by atoms with van der Waals surface area (Å²) in [6.07, 6.45) is 1.92. The third kappa shape index (κ3) is 4.56. The van der Waals surface area contributed by atoms with Gasteiger partial charge >= 0.3 is 0 Å². The molecule has 0 bridgehead atoms. The number of aromatic nitrogens is 4. The largest absolute Gasteiger partial charge is 0.735 e. The Hall–Kier alpha value is -3.47. The van der Waals surface area contributed by atoms with Crippen molar-refractivity contribution in [2.45, 2.75) is 11.4 Å². The van der Waals surface area contributed by atoms with Crippen molar-refractivity contribution in [1.82, 2.24) is 24.6 Å². The van der Waals surface area contributed by atoms with E-state index in [2.05, 4.69) is 19.8 Å². The summed E-state index contributed by atoms with van der Waals surface area (Å²) in [6.45, 7) is 0. The lowest BCUT2D eigenvalue weighted by Crippen LogP contribution is -2.70. The van der Waals surface area contributed by atoms with Crippen LogP contribution in [-0.4, -0.2) is 66.2 Å². The Morgan fingerprint density at radius 1 is 1.35 bits per heavy atom. The molecule has 3 aromatic heterocycles. The first-order valence-electron chi connectivity index (χ1n) is 10.6. The van der Waals surface area contributed by atoms with Gasteiger partial charge in [0.25, 0.3) is 11.8 Å². The lowest BCUT2D eigenvalue weighted by Gasteiger charge is -2.50. The van der Waals surface area contributed by atoms with Crippen LogP contribution in [-0.2, 0) is 38.9 Å². The van der Waals surface area contributed by atoms with Gasteiger partial charge in [-0.25, -0.2) is 4.98 Å².